The third-order valence-corrected chi connectivity index (χ3v) is 4.18. The first-order chi connectivity index (χ1) is 8.40. The highest BCUT2D eigenvalue weighted by Gasteiger charge is 2.33. The van der Waals surface area contributed by atoms with Crippen molar-refractivity contribution in [1.29, 1.82) is 0 Å². The molecule has 18 heavy (non-hydrogen) atoms. The van der Waals surface area contributed by atoms with Gasteiger partial charge < -0.3 is 10.6 Å². The number of carbonyl (C=O) groups excluding carboxylic acids is 1. The molecule has 0 aliphatic carbocycles. The van der Waals surface area contributed by atoms with Crippen molar-refractivity contribution < 1.29 is 9.72 Å². The van der Waals surface area contributed by atoms with Crippen molar-refractivity contribution in [2.24, 2.45) is 5.73 Å². The van der Waals surface area contributed by atoms with E-state index < -0.39 is 4.92 Å². The lowest BCUT2D eigenvalue weighted by Gasteiger charge is -2.16. The molecule has 0 radical (unpaired) electrons. The second-order valence-corrected chi connectivity index (χ2v) is 5.55. The van der Waals surface area contributed by atoms with Crippen LogP contribution in [0.1, 0.15) is 6.42 Å². The van der Waals surface area contributed by atoms with E-state index in [2.05, 4.69) is 0 Å². The van der Waals surface area contributed by atoms with Crippen LogP contribution < -0.4 is 10.6 Å². The molecule has 2 N–H and O–H groups in total. The Morgan fingerprint density at radius 1 is 1.56 bits per heavy atom. The van der Waals surface area contributed by atoms with Gasteiger partial charge >= 0.3 is 0 Å². The molecule has 1 fully saturated rings. The van der Waals surface area contributed by atoms with Gasteiger partial charge in [0.05, 0.1) is 9.95 Å². The van der Waals surface area contributed by atoms with Gasteiger partial charge in [-0.1, -0.05) is 11.6 Å². The molecular weight excluding hydrogens is 372 g/mol. The average Bonchev–Trinajstić information content (AvgIpc) is 2.61. The molecule has 1 saturated heterocycles. The standard InChI is InChI=1S/C10H9ClIN3O3/c11-6-2-8(9(15(17)18)3-7(6)12)14-4-5(13)1-10(14)16/h2-3,5H,1,4,13H2. The molecule has 2 rings (SSSR count). The minimum Gasteiger partial charge on any atom is -0.326 e. The number of rotatable bonds is 2. The Labute approximate surface area is 121 Å². The molecule has 0 spiro atoms. The first-order valence-electron chi connectivity index (χ1n) is 5.09. The van der Waals surface area contributed by atoms with Crippen LogP contribution in [0.2, 0.25) is 5.02 Å². The van der Waals surface area contributed by atoms with Crippen LogP contribution in [0.5, 0.6) is 0 Å². The van der Waals surface area contributed by atoms with Crippen molar-refractivity contribution in [1.82, 2.24) is 0 Å². The topological polar surface area (TPSA) is 89.5 Å². The van der Waals surface area contributed by atoms with Gasteiger partial charge in [0.25, 0.3) is 5.69 Å². The molecule has 0 saturated carbocycles. The van der Waals surface area contributed by atoms with Gasteiger partial charge in [-0.15, -0.1) is 0 Å². The molecule has 1 amide bonds. The van der Waals surface area contributed by atoms with Crippen molar-refractivity contribution in [3.8, 4) is 0 Å². The van der Waals surface area contributed by atoms with Gasteiger partial charge in [-0.2, -0.15) is 0 Å². The molecule has 1 aromatic carbocycles. The van der Waals surface area contributed by atoms with Crippen molar-refractivity contribution >= 4 is 51.5 Å². The molecule has 96 valence electrons. The smallest absolute Gasteiger partial charge is 0.294 e. The highest BCUT2D eigenvalue weighted by molar-refractivity contribution is 14.1. The number of nitro groups is 1. The van der Waals surface area contributed by atoms with E-state index in [9.17, 15) is 14.9 Å². The summed E-state index contributed by atoms with van der Waals surface area (Å²) in [5, 5.41) is 11.4. The van der Waals surface area contributed by atoms with Gasteiger partial charge in [-0.05, 0) is 28.7 Å². The van der Waals surface area contributed by atoms with E-state index in [1.165, 1.54) is 17.0 Å². The van der Waals surface area contributed by atoms with E-state index in [0.717, 1.165) is 0 Å². The number of hydrogen-bond donors (Lipinski definition) is 1. The number of anilines is 1. The van der Waals surface area contributed by atoms with Crippen LogP contribution >= 0.6 is 34.2 Å². The van der Waals surface area contributed by atoms with Crippen LogP contribution in [-0.4, -0.2) is 23.4 Å². The summed E-state index contributed by atoms with van der Waals surface area (Å²) < 4.78 is 0.570. The summed E-state index contributed by atoms with van der Waals surface area (Å²) in [7, 11) is 0. The molecule has 1 aromatic rings. The third-order valence-electron chi connectivity index (χ3n) is 2.66. The first-order valence-corrected chi connectivity index (χ1v) is 6.55. The fourth-order valence-electron chi connectivity index (χ4n) is 1.86. The van der Waals surface area contributed by atoms with E-state index in [1.54, 1.807) is 0 Å². The Morgan fingerprint density at radius 2 is 2.22 bits per heavy atom. The van der Waals surface area contributed by atoms with Gasteiger partial charge in [0.2, 0.25) is 5.91 Å². The van der Waals surface area contributed by atoms with E-state index in [4.69, 9.17) is 17.3 Å². The summed E-state index contributed by atoms with van der Waals surface area (Å²) in [5.41, 5.74) is 5.76. The molecule has 1 aliphatic heterocycles. The third kappa shape index (κ3) is 2.43. The molecule has 8 heteroatoms. The summed E-state index contributed by atoms with van der Waals surface area (Å²) >= 11 is 7.86. The molecule has 1 atom stereocenters. The lowest BCUT2D eigenvalue weighted by molar-refractivity contribution is -0.384. The van der Waals surface area contributed by atoms with Crippen LogP contribution in [0.15, 0.2) is 12.1 Å². The number of benzene rings is 1. The van der Waals surface area contributed by atoms with E-state index in [1.807, 2.05) is 22.6 Å². The maximum Gasteiger partial charge on any atom is 0.294 e. The minimum absolute atomic E-state index is 0.133. The van der Waals surface area contributed by atoms with Gasteiger partial charge in [0, 0.05) is 28.6 Å². The molecule has 1 aliphatic rings. The largest absolute Gasteiger partial charge is 0.326 e. The fourth-order valence-corrected chi connectivity index (χ4v) is 2.46. The van der Waals surface area contributed by atoms with Crippen LogP contribution in [-0.2, 0) is 4.79 Å². The second-order valence-electron chi connectivity index (χ2n) is 3.98. The quantitative estimate of drug-likeness (QED) is 0.481. The fraction of sp³-hybridized carbons (Fsp3) is 0.300. The number of amides is 1. The Morgan fingerprint density at radius 3 is 2.72 bits per heavy atom. The number of nitrogens with zero attached hydrogens (tertiary/aromatic N) is 2. The van der Waals surface area contributed by atoms with Crippen LogP contribution in [0.4, 0.5) is 11.4 Å². The van der Waals surface area contributed by atoms with Crippen LogP contribution in [0.25, 0.3) is 0 Å². The predicted octanol–water partition coefficient (Wildman–Crippen LogP) is 1.92. The minimum atomic E-state index is -0.523. The Bertz CT molecular complexity index is 537. The number of halogens is 2. The van der Waals surface area contributed by atoms with Gasteiger partial charge in [-0.3, -0.25) is 14.9 Å². The summed E-state index contributed by atoms with van der Waals surface area (Å²) in [6.07, 6.45) is 0.195. The van der Waals surface area contributed by atoms with Crippen LogP contribution in [0.3, 0.4) is 0 Å². The van der Waals surface area contributed by atoms with Crippen molar-refractivity contribution in [3.05, 3.63) is 30.8 Å². The predicted molar refractivity (Wildman–Crippen MR) is 75.8 cm³/mol. The van der Waals surface area contributed by atoms with Crippen LogP contribution in [0, 0.1) is 13.7 Å². The van der Waals surface area contributed by atoms with Gasteiger partial charge in [0.1, 0.15) is 5.69 Å². The Balaban J connectivity index is 2.52. The molecule has 1 unspecified atom stereocenters. The summed E-state index contributed by atoms with van der Waals surface area (Å²) in [6, 6.07) is 2.50. The van der Waals surface area contributed by atoms with Crippen molar-refractivity contribution in [2.75, 3.05) is 11.4 Å². The average molecular weight is 382 g/mol. The molecule has 6 nitrogen and oxygen atoms in total. The monoisotopic (exact) mass is 381 g/mol. The number of hydrogen-bond acceptors (Lipinski definition) is 4. The highest BCUT2D eigenvalue weighted by Crippen LogP contribution is 2.36. The molecule has 0 bridgehead atoms. The highest BCUT2D eigenvalue weighted by atomic mass is 127. The zero-order valence-electron chi connectivity index (χ0n) is 9.10. The summed E-state index contributed by atoms with van der Waals surface area (Å²) in [6.45, 7) is 0.274. The maximum atomic E-state index is 11.7. The van der Waals surface area contributed by atoms with Gasteiger partial charge in [-0.25, -0.2) is 0 Å². The maximum absolute atomic E-state index is 11.7. The van der Waals surface area contributed by atoms with E-state index in [-0.39, 0.29) is 36.3 Å². The van der Waals surface area contributed by atoms with E-state index in [0.29, 0.717) is 8.59 Å². The lowest BCUT2D eigenvalue weighted by atomic mass is 10.2. The SMILES string of the molecule is NC1CC(=O)N(c2cc(Cl)c(I)cc2[N+](=O)[O-])C1. The number of nitro benzene ring substituents is 1. The first kappa shape index (κ1) is 13.5. The lowest BCUT2D eigenvalue weighted by Crippen LogP contribution is -2.28. The van der Waals surface area contributed by atoms with E-state index >= 15 is 0 Å². The second kappa shape index (κ2) is 4.98. The zero-order chi connectivity index (χ0) is 13.4. The van der Waals surface area contributed by atoms with Gasteiger partial charge in [0.15, 0.2) is 0 Å². The Kier molecular flexibility index (Phi) is 3.74. The normalized spacial score (nSPS) is 19.4. The van der Waals surface area contributed by atoms with Crippen molar-refractivity contribution in [3.63, 3.8) is 0 Å². The Hall–Kier alpha value is -0.930. The summed E-state index contributed by atoms with van der Waals surface area (Å²) in [4.78, 5) is 23.6. The molecule has 1 heterocycles. The molecular formula is C10H9ClIN3O3. The number of nitrogens with two attached hydrogens (primary N) is 1. The summed E-state index contributed by atoms with van der Waals surface area (Å²) in [5.74, 6) is -0.220. The zero-order valence-corrected chi connectivity index (χ0v) is 12.0. The van der Waals surface area contributed by atoms with Crippen molar-refractivity contribution in [2.45, 2.75) is 12.5 Å². The molecule has 0 aromatic heterocycles. The number of carbonyl (C=O) groups is 1.